The Kier molecular flexibility index (Phi) is 6.59. The van der Waals surface area contributed by atoms with Gasteiger partial charge in [-0.3, -0.25) is 4.79 Å². The average molecular weight is 412 g/mol. The highest BCUT2D eigenvalue weighted by atomic mass is 32.1. The highest BCUT2D eigenvalue weighted by Gasteiger charge is 2.21. The van der Waals surface area contributed by atoms with Crippen LogP contribution in [0.5, 0.6) is 5.75 Å². The maximum atomic E-state index is 12.9. The van der Waals surface area contributed by atoms with Crippen molar-refractivity contribution in [1.29, 1.82) is 0 Å². The molecule has 0 unspecified atom stereocenters. The van der Waals surface area contributed by atoms with E-state index in [4.69, 9.17) is 9.15 Å². The van der Waals surface area contributed by atoms with Crippen LogP contribution in [0.3, 0.4) is 0 Å². The molecule has 0 aliphatic carbocycles. The van der Waals surface area contributed by atoms with Gasteiger partial charge in [0.15, 0.2) is 5.76 Å². The topological polar surface area (TPSA) is 58.8 Å². The van der Waals surface area contributed by atoms with E-state index in [9.17, 15) is 4.79 Å². The van der Waals surface area contributed by atoms with Crippen LogP contribution in [-0.2, 0) is 13.2 Å². The number of hydrogen-bond donors (Lipinski definition) is 0. The molecule has 3 aromatic rings. The Balaban J connectivity index is 1.38. The predicted octanol–water partition coefficient (Wildman–Crippen LogP) is 4.05. The molecule has 4 rings (SSSR count). The molecule has 0 spiro atoms. The molecular formula is C22H25N3O3S. The van der Waals surface area contributed by atoms with Crippen LogP contribution in [0, 0.1) is 0 Å². The van der Waals surface area contributed by atoms with E-state index in [1.165, 1.54) is 19.1 Å². The Labute approximate surface area is 174 Å². The Morgan fingerprint density at radius 1 is 1.17 bits per heavy atom. The Morgan fingerprint density at radius 2 is 2.00 bits per heavy atom. The van der Waals surface area contributed by atoms with Crippen LogP contribution in [0.15, 0.2) is 58.5 Å². The quantitative estimate of drug-likeness (QED) is 0.532. The summed E-state index contributed by atoms with van der Waals surface area (Å²) in [6.45, 7) is 4.65. The number of nitrogens with zero attached hydrogens (tertiary/aromatic N) is 3. The summed E-state index contributed by atoms with van der Waals surface area (Å²) in [6.07, 6.45) is 4.01. The molecule has 1 aliphatic heterocycles. The number of hydrogen-bond acceptors (Lipinski definition) is 6. The number of thiazole rings is 1. The Bertz CT molecular complexity index is 889. The number of amides is 1. The van der Waals surface area contributed by atoms with Gasteiger partial charge in [-0.25, -0.2) is 4.98 Å². The maximum Gasteiger partial charge on any atom is 0.289 e. The molecule has 152 valence electrons. The largest absolute Gasteiger partial charge is 0.486 e. The van der Waals surface area contributed by atoms with Gasteiger partial charge in [-0.2, -0.15) is 0 Å². The fraction of sp³-hybridized carbons (Fsp3) is 0.364. The van der Waals surface area contributed by atoms with Crippen LogP contribution in [0.1, 0.15) is 34.1 Å². The number of ether oxygens (including phenoxy) is 1. The summed E-state index contributed by atoms with van der Waals surface area (Å²) in [4.78, 5) is 21.8. The van der Waals surface area contributed by atoms with E-state index < -0.39 is 0 Å². The molecule has 0 radical (unpaired) electrons. The molecule has 3 heterocycles. The van der Waals surface area contributed by atoms with Gasteiger partial charge in [0.1, 0.15) is 17.4 Å². The molecule has 1 fully saturated rings. The number of rotatable bonds is 9. The summed E-state index contributed by atoms with van der Waals surface area (Å²) in [5.41, 5.74) is 0.878. The van der Waals surface area contributed by atoms with E-state index in [-0.39, 0.29) is 5.91 Å². The third kappa shape index (κ3) is 5.46. The first-order valence-corrected chi connectivity index (χ1v) is 10.8. The second kappa shape index (κ2) is 9.71. The van der Waals surface area contributed by atoms with Gasteiger partial charge >= 0.3 is 0 Å². The first-order valence-electron chi connectivity index (χ1n) is 9.94. The SMILES string of the molecule is O=C(c1ccco1)N(CCN1CCCC1)Cc1csc(COc2ccccc2)n1. The second-order valence-corrected chi connectivity index (χ2v) is 8.03. The van der Waals surface area contributed by atoms with Crippen LogP contribution in [-0.4, -0.2) is 46.9 Å². The van der Waals surface area contributed by atoms with Crippen LogP contribution in [0.25, 0.3) is 0 Å². The van der Waals surface area contributed by atoms with Gasteiger partial charge in [0.25, 0.3) is 5.91 Å². The van der Waals surface area contributed by atoms with Crippen molar-refractivity contribution in [3.8, 4) is 5.75 Å². The van der Waals surface area contributed by atoms with E-state index in [0.29, 0.717) is 25.5 Å². The van der Waals surface area contributed by atoms with Gasteiger partial charge in [0.2, 0.25) is 0 Å². The van der Waals surface area contributed by atoms with Crippen molar-refractivity contribution in [3.05, 3.63) is 70.6 Å². The van der Waals surface area contributed by atoms with E-state index in [1.54, 1.807) is 23.5 Å². The fourth-order valence-corrected chi connectivity index (χ4v) is 4.12. The van der Waals surface area contributed by atoms with Gasteiger partial charge < -0.3 is 19.0 Å². The second-order valence-electron chi connectivity index (χ2n) is 7.09. The smallest absolute Gasteiger partial charge is 0.289 e. The summed E-state index contributed by atoms with van der Waals surface area (Å²) in [6, 6.07) is 13.2. The van der Waals surface area contributed by atoms with E-state index in [1.807, 2.05) is 40.6 Å². The summed E-state index contributed by atoms with van der Waals surface area (Å²) in [5, 5.41) is 2.90. The van der Waals surface area contributed by atoms with Gasteiger partial charge in [-0.15, -0.1) is 11.3 Å². The number of aromatic nitrogens is 1. The van der Waals surface area contributed by atoms with Crippen molar-refractivity contribution in [3.63, 3.8) is 0 Å². The molecule has 7 heteroatoms. The molecule has 0 bridgehead atoms. The highest BCUT2D eigenvalue weighted by molar-refractivity contribution is 7.09. The van der Waals surface area contributed by atoms with Gasteiger partial charge in [-0.05, 0) is 50.2 Å². The lowest BCUT2D eigenvalue weighted by molar-refractivity contribution is 0.0693. The number of benzene rings is 1. The molecule has 0 saturated carbocycles. The molecule has 6 nitrogen and oxygen atoms in total. The summed E-state index contributed by atoms with van der Waals surface area (Å²) >= 11 is 1.56. The summed E-state index contributed by atoms with van der Waals surface area (Å²) < 4.78 is 11.1. The average Bonchev–Trinajstić information content (AvgIpc) is 3.53. The lowest BCUT2D eigenvalue weighted by atomic mass is 10.3. The summed E-state index contributed by atoms with van der Waals surface area (Å²) in [5.74, 6) is 1.10. The van der Waals surface area contributed by atoms with Crippen molar-refractivity contribution < 1.29 is 13.9 Å². The van der Waals surface area contributed by atoms with Gasteiger partial charge in [0, 0.05) is 18.5 Å². The minimum Gasteiger partial charge on any atom is -0.486 e. The standard InChI is InChI=1S/C22H25N3O3S/c26-22(20-9-6-14-27-20)25(13-12-24-10-4-5-11-24)15-18-17-29-21(23-18)16-28-19-7-2-1-3-8-19/h1-3,6-9,14,17H,4-5,10-13,15-16H2. The lowest BCUT2D eigenvalue weighted by Crippen LogP contribution is -2.37. The van der Waals surface area contributed by atoms with E-state index in [0.717, 1.165) is 36.1 Å². The molecule has 0 atom stereocenters. The van der Waals surface area contributed by atoms with Gasteiger partial charge in [-0.1, -0.05) is 18.2 Å². The van der Waals surface area contributed by atoms with Gasteiger partial charge in [0.05, 0.1) is 18.5 Å². The van der Waals surface area contributed by atoms with Crippen molar-refractivity contribution in [2.75, 3.05) is 26.2 Å². The fourth-order valence-electron chi connectivity index (χ4n) is 3.42. The number of furan rings is 1. The van der Waals surface area contributed by atoms with Crippen molar-refractivity contribution in [2.24, 2.45) is 0 Å². The first kappa shape index (κ1) is 19.7. The van der Waals surface area contributed by atoms with E-state index in [2.05, 4.69) is 9.88 Å². The molecule has 2 aromatic heterocycles. The Morgan fingerprint density at radius 3 is 2.76 bits per heavy atom. The minimum atomic E-state index is -0.0933. The van der Waals surface area contributed by atoms with Crippen LogP contribution in [0.2, 0.25) is 0 Å². The minimum absolute atomic E-state index is 0.0933. The lowest BCUT2D eigenvalue weighted by Gasteiger charge is -2.24. The number of para-hydroxylation sites is 1. The predicted molar refractivity (Wildman–Crippen MR) is 112 cm³/mol. The van der Waals surface area contributed by atoms with E-state index >= 15 is 0 Å². The number of carbonyl (C=O) groups is 1. The van der Waals surface area contributed by atoms with Crippen LogP contribution < -0.4 is 4.74 Å². The molecule has 1 saturated heterocycles. The highest BCUT2D eigenvalue weighted by Crippen LogP contribution is 2.17. The number of carbonyl (C=O) groups excluding carboxylic acids is 1. The zero-order chi connectivity index (χ0) is 19.9. The maximum absolute atomic E-state index is 12.9. The monoisotopic (exact) mass is 411 g/mol. The summed E-state index contributed by atoms with van der Waals surface area (Å²) in [7, 11) is 0. The molecule has 1 aromatic carbocycles. The molecule has 29 heavy (non-hydrogen) atoms. The molecule has 1 amide bonds. The van der Waals surface area contributed by atoms with Crippen molar-refractivity contribution in [2.45, 2.75) is 26.0 Å². The third-order valence-electron chi connectivity index (χ3n) is 4.96. The zero-order valence-electron chi connectivity index (χ0n) is 16.3. The van der Waals surface area contributed by atoms with Crippen LogP contribution in [0.4, 0.5) is 0 Å². The molecule has 1 aliphatic rings. The first-order chi connectivity index (χ1) is 14.3. The van der Waals surface area contributed by atoms with Crippen LogP contribution >= 0.6 is 11.3 Å². The molecular weight excluding hydrogens is 386 g/mol. The normalized spacial score (nSPS) is 14.2. The van der Waals surface area contributed by atoms with Crippen molar-refractivity contribution >= 4 is 17.2 Å². The molecule has 0 N–H and O–H groups in total. The van der Waals surface area contributed by atoms with Crippen molar-refractivity contribution in [1.82, 2.24) is 14.8 Å². The zero-order valence-corrected chi connectivity index (χ0v) is 17.1. The third-order valence-corrected chi connectivity index (χ3v) is 5.83. The Hall–Kier alpha value is -2.64. The number of likely N-dealkylation sites (tertiary alicyclic amines) is 1.